The minimum atomic E-state index is -0.599. The first-order chi connectivity index (χ1) is 11.7. The van der Waals surface area contributed by atoms with Gasteiger partial charge in [-0.2, -0.15) is 0 Å². The van der Waals surface area contributed by atoms with E-state index in [9.17, 15) is 9.90 Å². The minimum Gasteiger partial charge on any atom is -0.495 e. The van der Waals surface area contributed by atoms with Crippen LogP contribution in [-0.4, -0.2) is 18.1 Å². The number of amides is 1. The number of carbonyl (C=O) groups is 1. The molecule has 5 nitrogen and oxygen atoms in total. The van der Waals surface area contributed by atoms with Crippen molar-refractivity contribution >= 4 is 11.6 Å². The van der Waals surface area contributed by atoms with Crippen LogP contribution in [0.3, 0.4) is 0 Å². The number of ether oxygens (including phenoxy) is 1. The monoisotopic (exact) mass is 343 g/mol. The number of rotatable bonds is 3. The molecule has 1 aromatic heterocycles. The Labute approximate surface area is 148 Å². The highest BCUT2D eigenvalue weighted by Gasteiger charge is 2.37. The maximum atomic E-state index is 12.8. The molecule has 5 heteroatoms. The van der Waals surface area contributed by atoms with Crippen molar-refractivity contribution < 1.29 is 19.1 Å². The number of anilines is 1. The largest absolute Gasteiger partial charge is 0.495 e. The second-order valence-corrected chi connectivity index (χ2v) is 7.61. The summed E-state index contributed by atoms with van der Waals surface area (Å²) < 4.78 is 11.2. The van der Waals surface area contributed by atoms with Crippen molar-refractivity contribution in [1.82, 2.24) is 0 Å². The standard InChI is InChI=1S/C20H25NO4/c1-11-6-7-15(24-5)13(8-11)21-19(23)18-12(2)17-14(22)9-20(3,4)10-16(17)25-18/h6-8,14,22H,9-10H2,1-5H3,(H,21,23). The van der Waals surface area contributed by atoms with Crippen LogP contribution in [0.1, 0.15) is 59.4 Å². The second kappa shape index (κ2) is 6.23. The molecule has 25 heavy (non-hydrogen) atoms. The first-order valence-electron chi connectivity index (χ1n) is 8.48. The number of furan rings is 1. The molecular weight excluding hydrogens is 318 g/mol. The first kappa shape index (κ1) is 17.5. The third kappa shape index (κ3) is 3.29. The van der Waals surface area contributed by atoms with Crippen molar-refractivity contribution in [3.63, 3.8) is 0 Å². The van der Waals surface area contributed by atoms with Crippen molar-refractivity contribution in [3.05, 3.63) is 46.4 Å². The van der Waals surface area contributed by atoms with Crippen LogP contribution in [0.4, 0.5) is 5.69 Å². The van der Waals surface area contributed by atoms with Crippen LogP contribution in [0.2, 0.25) is 0 Å². The maximum Gasteiger partial charge on any atom is 0.291 e. The van der Waals surface area contributed by atoms with E-state index in [1.807, 2.05) is 32.0 Å². The third-order valence-electron chi connectivity index (χ3n) is 4.80. The summed E-state index contributed by atoms with van der Waals surface area (Å²) in [6, 6.07) is 5.59. The smallest absolute Gasteiger partial charge is 0.291 e. The Morgan fingerprint density at radius 3 is 2.76 bits per heavy atom. The van der Waals surface area contributed by atoms with Crippen molar-refractivity contribution in [2.75, 3.05) is 12.4 Å². The zero-order chi connectivity index (χ0) is 18.4. The lowest BCUT2D eigenvalue weighted by molar-refractivity contribution is 0.0910. The number of benzene rings is 1. The van der Waals surface area contributed by atoms with Crippen LogP contribution in [0.5, 0.6) is 5.75 Å². The molecule has 0 bridgehead atoms. The van der Waals surface area contributed by atoms with Gasteiger partial charge in [-0.3, -0.25) is 4.79 Å². The fourth-order valence-electron chi connectivity index (χ4n) is 3.60. The summed E-state index contributed by atoms with van der Waals surface area (Å²) in [7, 11) is 1.57. The zero-order valence-electron chi connectivity index (χ0n) is 15.4. The lowest BCUT2D eigenvalue weighted by Crippen LogP contribution is -2.24. The fourth-order valence-corrected chi connectivity index (χ4v) is 3.60. The van der Waals surface area contributed by atoms with Gasteiger partial charge in [0.2, 0.25) is 0 Å². The number of nitrogens with one attached hydrogen (secondary N) is 1. The minimum absolute atomic E-state index is 0.0514. The number of aliphatic hydroxyl groups is 1. The van der Waals surface area contributed by atoms with Gasteiger partial charge in [-0.05, 0) is 43.4 Å². The summed E-state index contributed by atoms with van der Waals surface area (Å²) in [5.41, 5.74) is 3.04. The summed E-state index contributed by atoms with van der Waals surface area (Å²) in [5, 5.41) is 13.3. The number of hydrogen-bond acceptors (Lipinski definition) is 4. The van der Waals surface area contributed by atoms with Crippen LogP contribution < -0.4 is 10.1 Å². The van der Waals surface area contributed by atoms with Crippen molar-refractivity contribution in [2.24, 2.45) is 5.41 Å². The molecule has 3 rings (SSSR count). The Morgan fingerprint density at radius 1 is 1.36 bits per heavy atom. The van der Waals surface area contributed by atoms with E-state index in [2.05, 4.69) is 19.2 Å². The highest BCUT2D eigenvalue weighted by molar-refractivity contribution is 6.04. The van der Waals surface area contributed by atoms with Gasteiger partial charge in [-0.15, -0.1) is 0 Å². The van der Waals surface area contributed by atoms with Gasteiger partial charge in [0, 0.05) is 17.5 Å². The normalized spacial score (nSPS) is 18.6. The molecule has 1 atom stereocenters. The Kier molecular flexibility index (Phi) is 4.37. The van der Waals surface area contributed by atoms with E-state index in [0.717, 1.165) is 11.1 Å². The lowest BCUT2D eigenvalue weighted by atomic mass is 9.75. The topological polar surface area (TPSA) is 71.7 Å². The number of carbonyl (C=O) groups excluding carboxylic acids is 1. The van der Waals surface area contributed by atoms with Crippen LogP contribution in [0.15, 0.2) is 22.6 Å². The molecule has 0 saturated heterocycles. The molecule has 0 fully saturated rings. The predicted octanol–water partition coefficient (Wildman–Crippen LogP) is 4.16. The Morgan fingerprint density at radius 2 is 2.08 bits per heavy atom. The second-order valence-electron chi connectivity index (χ2n) is 7.61. The van der Waals surface area contributed by atoms with Gasteiger partial charge in [0.15, 0.2) is 5.76 Å². The molecule has 1 amide bonds. The summed E-state index contributed by atoms with van der Waals surface area (Å²) in [6.07, 6.45) is 0.770. The summed E-state index contributed by atoms with van der Waals surface area (Å²) in [5.74, 6) is 1.22. The molecule has 1 aliphatic rings. The van der Waals surface area contributed by atoms with E-state index in [0.29, 0.717) is 35.6 Å². The molecule has 0 spiro atoms. The number of aryl methyl sites for hydroxylation is 1. The molecule has 0 aliphatic heterocycles. The van der Waals surface area contributed by atoms with Gasteiger partial charge in [0.05, 0.1) is 18.9 Å². The highest BCUT2D eigenvalue weighted by atomic mass is 16.5. The number of hydrogen-bond donors (Lipinski definition) is 2. The molecule has 1 aliphatic carbocycles. The number of fused-ring (bicyclic) bond motifs is 1. The number of aliphatic hydroxyl groups excluding tert-OH is 1. The van der Waals surface area contributed by atoms with Crippen LogP contribution >= 0.6 is 0 Å². The van der Waals surface area contributed by atoms with E-state index >= 15 is 0 Å². The molecule has 1 unspecified atom stereocenters. The van der Waals surface area contributed by atoms with Gasteiger partial charge in [0.25, 0.3) is 5.91 Å². The van der Waals surface area contributed by atoms with Crippen molar-refractivity contribution in [1.29, 1.82) is 0 Å². The molecule has 2 aromatic rings. The molecule has 1 heterocycles. The van der Waals surface area contributed by atoms with Gasteiger partial charge < -0.3 is 19.6 Å². The Balaban J connectivity index is 1.93. The Hall–Kier alpha value is -2.27. The quantitative estimate of drug-likeness (QED) is 0.878. The fraction of sp³-hybridized carbons (Fsp3) is 0.450. The summed E-state index contributed by atoms with van der Waals surface area (Å²) in [6.45, 7) is 7.96. The zero-order valence-corrected chi connectivity index (χ0v) is 15.4. The molecule has 1 aromatic carbocycles. The van der Waals surface area contributed by atoms with Gasteiger partial charge in [-0.25, -0.2) is 0 Å². The van der Waals surface area contributed by atoms with Gasteiger partial charge in [0.1, 0.15) is 11.5 Å². The maximum absolute atomic E-state index is 12.8. The molecule has 134 valence electrons. The highest BCUT2D eigenvalue weighted by Crippen LogP contribution is 2.44. The SMILES string of the molecule is COc1ccc(C)cc1NC(=O)c1oc2c(c1C)C(O)CC(C)(C)C2. The van der Waals surface area contributed by atoms with Gasteiger partial charge >= 0.3 is 0 Å². The first-order valence-corrected chi connectivity index (χ1v) is 8.48. The Bertz CT molecular complexity index is 819. The average Bonchev–Trinajstić information content (AvgIpc) is 2.83. The number of methoxy groups -OCH3 is 1. The molecule has 0 saturated carbocycles. The van der Waals surface area contributed by atoms with E-state index in [-0.39, 0.29) is 17.1 Å². The lowest BCUT2D eigenvalue weighted by Gasteiger charge is -2.31. The molecule has 2 N–H and O–H groups in total. The average molecular weight is 343 g/mol. The molecular formula is C20H25NO4. The van der Waals surface area contributed by atoms with Crippen LogP contribution in [0.25, 0.3) is 0 Å². The van der Waals surface area contributed by atoms with Crippen LogP contribution in [-0.2, 0) is 6.42 Å². The summed E-state index contributed by atoms with van der Waals surface area (Å²) >= 11 is 0. The predicted molar refractivity (Wildman–Crippen MR) is 96.2 cm³/mol. The third-order valence-corrected chi connectivity index (χ3v) is 4.80. The van der Waals surface area contributed by atoms with Crippen LogP contribution in [0, 0.1) is 19.3 Å². The summed E-state index contributed by atoms with van der Waals surface area (Å²) in [4.78, 5) is 12.8. The van der Waals surface area contributed by atoms with Crippen molar-refractivity contribution in [3.8, 4) is 5.75 Å². The van der Waals surface area contributed by atoms with E-state index in [1.165, 1.54) is 0 Å². The van der Waals surface area contributed by atoms with Crippen molar-refractivity contribution in [2.45, 2.75) is 46.6 Å². The molecule has 0 radical (unpaired) electrons. The van der Waals surface area contributed by atoms with E-state index in [4.69, 9.17) is 9.15 Å². The van der Waals surface area contributed by atoms with Gasteiger partial charge in [-0.1, -0.05) is 19.9 Å². The van der Waals surface area contributed by atoms with E-state index < -0.39 is 6.10 Å². The van der Waals surface area contributed by atoms with E-state index in [1.54, 1.807) is 7.11 Å².